The van der Waals surface area contributed by atoms with E-state index in [1.807, 2.05) is 0 Å². The van der Waals surface area contributed by atoms with Gasteiger partial charge in [0.25, 0.3) is 0 Å². The molecule has 2 heteroatoms. The molecule has 0 aliphatic heterocycles. The maximum Gasteiger partial charge on any atom is 0.0468 e. The van der Waals surface area contributed by atoms with Crippen molar-refractivity contribution < 1.29 is 0 Å². The normalized spacial score (nSPS) is 12.4. The average Bonchev–Trinajstić information content (AvgIpc) is 3.26. The lowest BCUT2D eigenvalue weighted by molar-refractivity contribution is 0.984. The van der Waals surface area contributed by atoms with Crippen LogP contribution in [0.25, 0.3) is 50.5 Å². The zero-order chi connectivity index (χ0) is 37.3. The van der Waals surface area contributed by atoms with Crippen molar-refractivity contribution in [3.8, 4) is 0 Å². The first-order valence-corrected chi connectivity index (χ1v) is 19.5. The van der Waals surface area contributed by atoms with Crippen molar-refractivity contribution >= 4 is 84.7 Å². The van der Waals surface area contributed by atoms with Crippen LogP contribution >= 0.6 is 0 Å². The Balaban J connectivity index is 0.948. The van der Waals surface area contributed by atoms with E-state index < -0.39 is 0 Å². The fourth-order valence-electron chi connectivity index (χ4n) is 8.06. The Morgan fingerprint density at radius 1 is 0.339 bits per heavy atom. The van der Waals surface area contributed by atoms with Crippen LogP contribution in [0.5, 0.6) is 0 Å². The molecule has 9 aromatic carbocycles. The molecule has 9 aromatic rings. The number of benzene rings is 9. The molecular formula is C54H40N2. The number of hydrogen-bond acceptors (Lipinski definition) is 2. The zero-order valence-electron chi connectivity index (χ0n) is 31.1. The summed E-state index contributed by atoms with van der Waals surface area (Å²) < 4.78 is 0. The number of rotatable bonds is 8. The molecule has 0 unspecified atom stereocenters. The molecule has 1 aliphatic rings. The van der Waals surface area contributed by atoms with Crippen LogP contribution in [0, 0.1) is 0 Å². The first kappa shape index (κ1) is 33.4. The number of fused-ring (bicyclic) bond motifs is 4. The fourth-order valence-corrected chi connectivity index (χ4v) is 8.06. The summed E-state index contributed by atoms with van der Waals surface area (Å²) in [6.45, 7) is 0. The Kier molecular flexibility index (Phi) is 8.70. The summed E-state index contributed by atoms with van der Waals surface area (Å²) in [7, 11) is 0. The summed E-state index contributed by atoms with van der Waals surface area (Å²) in [5, 5.41) is 7.40. The summed E-state index contributed by atoms with van der Waals surface area (Å²) in [6, 6.07) is 70.6. The topological polar surface area (TPSA) is 6.48 Å². The third-order valence-corrected chi connectivity index (χ3v) is 11.0. The van der Waals surface area contributed by atoms with E-state index >= 15 is 0 Å². The van der Waals surface area contributed by atoms with Gasteiger partial charge in [0.05, 0.1) is 0 Å². The maximum atomic E-state index is 2.38. The second-order valence-corrected chi connectivity index (χ2v) is 14.6. The second-order valence-electron chi connectivity index (χ2n) is 14.6. The molecule has 0 bridgehead atoms. The summed E-state index contributed by atoms with van der Waals surface area (Å²) in [6.07, 6.45) is 11.1. The van der Waals surface area contributed by atoms with Gasteiger partial charge in [0.1, 0.15) is 0 Å². The molecule has 0 heterocycles. The van der Waals surface area contributed by atoms with E-state index in [-0.39, 0.29) is 0 Å². The van der Waals surface area contributed by atoms with Crippen LogP contribution in [0.3, 0.4) is 0 Å². The van der Waals surface area contributed by atoms with Crippen LogP contribution < -0.4 is 9.80 Å². The first-order valence-electron chi connectivity index (χ1n) is 19.5. The van der Waals surface area contributed by atoms with Gasteiger partial charge in [-0.25, -0.2) is 0 Å². The molecule has 0 fully saturated rings. The maximum absolute atomic E-state index is 2.38. The summed E-state index contributed by atoms with van der Waals surface area (Å²) in [4.78, 5) is 4.74. The SMILES string of the molecule is C1=Cc2ccc(N(c3ccc(C=Cc4ccc(N(c5ccc6ccccc6c5)c5ccc6ccccc6c5)cc4)cc3)c3ccc4ccccc4c3)cc2CC1. The van der Waals surface area contributed by atoms with E-state index in [1.165, 1.54) is 49.1 Å². The average molecular weight is 717 g/mol. The Morgan fingerprint density at radius 2 is 0.714 bits per heavy atom. The Bertz CT molecular complexity index is 2840. The van der Waals surface area contributed by atoms with Gasteiger partial charge >= 0.3 is 0 Å². The molecule has 0 N–H and O–H groups in total. The monoisotopic (exact) mass is 716 g/mol. The molecule has 10 rings (SSSR count). The molecule has 0 atom stereocenters. The Hall–Kier alpha value is -7.16. The highest BCUT2D eigenvalue weighted by Crippen LogP contribution is 2.40. The molecule has 0 radical (unpaired) electrons. The van der Waals surface area contributed by atoms with Crippen molar-refractivity contribution in [2.45, 2.75) is 12.8 Å². The van der Waals surface area contributed by atoms with Gasteiger partial charge in [-0.3, -0.25) is 0 Å². The predicted octanol–water partition coefficient (Wildman–Crippen LogP) is 15.2. The van der Waals surface area contributed by atoms with E-state index in [0.717, 1.165) is 52.4 Å². The van der Waals surface area contributed by atoms with Gasteiger partial charge in [-0.15, -0.1) is 0 Å². The largest absolute Gasteiger partial charge is 0.310 e. The predicted molar refractivity (Wildman–Crippen MR) is 241 cm³/mol. The minimum Gasteiger partial charge on any atom is -0.310 e. The van der Waals surface area contributed by atoms with E-state index in [9.17, 15) is 0 Å². The van der Waals surface area contributed by atoms with Gasteiger partial charge in [-0.1, -0.05) is 146 Å². The number of hydrogen-bond donors (Lipinski definition) is 0. The van der Waals surface area contributed by atoms with Crippen molar-refractivity contribution in [3.63, 3.8) is 0 Å². The molecule has 0 amide bonds. The van der Waals surface area contributed by atoms with Gasteiger partial charge in [0, 0.05) is 34.1 Å². The molecule has 266 valence electrons. The van der Waals surface area contributed by atoms with Gasteiger partial charge in [0.2, 0.25) is 0 Å². The van der Waals surface area contributed by atoms with Crippen molar-refractivity contribution in [1.29, 1.82) is 0 Å². The third-order valence-electron chi connectivity index (χ3n) is 11.0. The Labute approximate surface area is 328 Å². The molecule has 2 nitrogen and oxygen atoms in total. The molecule has 1 aliphatic carbocycles. The summed E-state index contributed by atoms with van der Waals surface area (Å²) in [5.74, 6) is 0. The van der Waals surface area contributed by atoms with Gasteiger partial charge in [-0.05, 0) is 140 Å². The standard InChI is InChI=1S/C54H40N2/c1-5-13-45-35-51(31-23-41(45)9-1)55(52-32-24-42-10-2-6-14-46(42)36-52)49-27-19-39(20-28-49)17-18-40-21-29-50(30-22-40)56(53-33-25-43-11-3-7-15-47(43)37-53)54-34-26-44-12-4-8-16-48(44)38-54/h1-7,9-15,17-38H,8,16H2. The van der Waals surface area contributed by atoms with E-state index in [0.29, 0.717) is 0 Å². The van der Waals surface area contributed by atoms with Crippen LogP contribution in [0.1, 0.15) is 28.7 Å². The van der Waals surface area contributed by atoms with E-state index in [4.69, 9.17) is 0 Å². The number of allylic oxidation sites excluding steroid dienone is 1. The second kappa shape index (κ2) is 14.6. The van der Waals surface area contributed by atoms with Crippen LogP contribution in [-0.2, 0) is 6.42 Å². The lowest BCUT2D eigenvalue weighted by Crippen LogP contribution is -2.11. The van der Waals surface area contributed by atoms with Crippen LogP contribution in [0.15, 0.2) is 200 Å². The van der Waals surface area contributed by atoms with Crippen molar-refractivity contribution in [3.05, 3.63) is 222 Å². The van der Waals surface area contributed by atoms with Crippen LogP contribution in [0.4, 0.5) is 34.1 Å². The molecule has 0 aromatic heterocycles. The number of anilines is 6. The van der Waals surface area contributed by atoms with Gasteiger partial charge < -0.3 is 9.80 Å². The summed E-state index contributed by atoms with van der Waals surface area (Å²) in [5.41, 5.74) is 11.9. The first-order chi connectivity index (χ1) is 27.7. The molecular weight excluding hydrogens is 677 g/mol. The lowest BCUT2D eigenvalue weighted by Gasteiger charge is -2.27. The van der Waals surface area contributed by atoms with E-state index in [2.05, 4.69) is 228 Å². The highest BCUT2D eigenvalue weighted by atomic mass is 15.1. The fraction of sp³-hybridized carbons (Fsp3) is 0.0370. The molecule has 0 spiro atoms. The zero-order valence-corrected chi connectivity index (χ0v) is 31.1. The smallest absolute Gasteiger partial charge is 0.0468 e. The number of nitrogens with zero attached hydrogens (tertiary/aromatic N) is 2. The molecule has 0 saturated carbocycles. The lowest BCUT2D eigenvalue weighted by atomic mass is 9.96. The van der Waals surface area contributed by atoms with Crippen molar-refractivity contribution in [2.24, 2.45) is 0 Å². The minimum atomic E-state index is 1.07. The quantitative estimate of drug-likeness (QED) is 0.144. The minimum absolute atomic E-state index is 1.07. The van der Waals surface area contributed by atoms with Crippen LogP contribution in [0.2, 0.25) is 0 Å². The van der Waals surface area contributed by atoms with Crippen molar-refractivity contribution in [1.82, 2.24) is 0 Å². The van der Waals surface area contributed by atoms with Crippen LogP contribution in [-0.4, -0.2) is 0 Å². The number of aryl methyl sites for hydroxylation is 1. The van der Waals surface area contributed by atoms with Gasteiger partial charge in [0.15, 0.2) is 0 Å². The Morgan fingerprint density at radius 3 is 1.16 bits per heavy atom. The third kappa shape index (κ3) is 6.63. The van der Waals surface area contributed by atoms with Crippen molar-refractivity contribution in [2.75, 3.05) is 9.80 Å². The highest BCUT2D eigenvalue weighted by Gasteiger charge is 2.17. The summed E-state index contributed by atoms with van der Waals surface area (Å²) >= 11 is 0. The van der Waals surface area contributed by atoms with E-state index in [1.54, 1.807) is 0 Å². The van der Waals surface area contributed by atoms with Gasteiger partial charge in [-0.2, -0.15) is 0 Å². The molecule has 56 heavy (non-hydrogen) atoms. The highest BCUT2D eigenvalue weighted by molar-refractivity contribution is 5.93. The molecule has 0 saturated heterocycles.